The fraction of sp³-hybridized carbons (Fsp3) is 0.429. The zero-order chi connectivity index (χ0) is 14.7. The number of ether oxygens (including phenoxy) is 3. The Morgan fingerprint density at radius 1 is 1.55 bits per heavy atom. The molecule has 108 valence electrons. The number of nitrogens with zero attached hydrogens (tertiary/aromatic N) is 1. The predicted molar refractivity (Wildman–Crippen MR) is 77.6 cm³/mol. The maximum atomic E-state index is 12.0. The Balaban J connectivity index is 2.48. The SMILES string of the molecule is C=C(OCC)c1cc(Br)nc(OC2CC2)c1C(=O)OC. The van der Waals surface area contributed by atoms with Gasteiger partial charge < -0.3 is 14.2 Å². The van der Waals surface area contributed by atoms with Gasteiger partial charge in [-0.3, -0.25) is 0 Å². The summed E-state index contributed by atoms with van der Waals surface area (Å²) >= 11 is 3.31. The summed E-state index contributed by atoms with van der Waals surface area (Å²) < 4.78 is 16.4. The number of rotatable bonds is 6. The lowest BCUT2D eigenvalue weighted by atomic mass is 10.1. The Kier molecular flexibility index (Phi) is 4.65. The van der Waals surface area contributed by atoms with Crippen LogP contribution in [0.2, 0.25) is 0 Å². The van der Waals surface area contributed by atoms with Crippen molar-refractivity contribution >= 4 is 27.7 Å². The molecule has 0 N–H and O–H groups in total. The molecular formula is C14H16BrNO4. The molecule has 2 rings (SSSR count). The molecule has 5 nitrogen and oxygen atoms in total. The van der Waals surface area contributed by atoms with E-state index in [4.69, 9.17) is 14.2 Å². The van der Waals surface area contributed by atoms with Gasteiger partial charge in [0.05, 0.1) is 13.7 Å². The molecule has 20 heavy (non-hydrogen) atoms. The lowest BCUT2D eigenvalue weighted by molar-refractivity contribution is 0.0593. The summed E-state index contributed by atoms with van der Waals surface area (Å²) in [7, 11) is 1.32. The average molecular weight is 342 g/mol. The summed E-state index contributed by atoms with van der Waals surface area (Å²) in [5, 5.41) is 0. The van der Waals surface area contributed by atoms with Gasteiger partial charge in [0.25, 0.3) is 0 Å². The third-order valence-electron chi connectivity index (χ3n) is 2.77. The second-order valence-corrected chi connectivity index (χ2v) is 5.15. The quantitative estimate of drug-likeness (QED) is 0.451. The van der Waals surface area contributed by atoms with Gasteiger partial charge in [0.2, 0.25) is 5.88 Å². The maximum absolute atomic E-state index is 12.0. The topological polar surface area (TPSA) is 57.7 Å². The molecule has 1 fully saturated rings. The minimum atomic E-state index is -0.517. The zero-order valence-corrected chi connectivity index (χ0v) is 13.0. The minimum Gasteiger partial charge on any atom is -0.494 e. The van der Waals surface area contributed by atoms with Gasteiger partial charge in [-0.25, -0.2) is 9.78 Å². The van der Waals surface area contributed by atoms with Gasteiger partial charge in [0, 0.05) is 5.56 Å². The van der Waals surface area contributed by atoms with Crippen LogP contribution in [0, 0.1) is 0 Å². The van der Waals surface area contributed by atoms with Crippen LogP contribution in [0.25, 0.3) is 5.76 Å². The standard InChI is InChI=1S/C14H16BrNO4/c1-4-19-8(2)10-7-11(15)16-13(20-9-5-6-9)12(10)14(17)18-3/h7,9H,2,4-6H2,1,3H3. The summed E-state index contributed by atoms with van der Waals surface area (Å²) in [5.74, 6) is 0.123. The highest BCUT2D eigenvalue weighted by Gasteiger charge is 2.29. The molecule has 1 aliphatic rings. The van der Waals surface area contributed by atoms with Crippen molar-refractivity contribution < 1.29 is 19.0 Å². The van der Waals surface area contributed by atoms with Crippen LogP contribution in [0.15, 0.2) is 17.2 Å². The zero-order valence-electron chi connectivity index (χ0n) is 11.4. The van der Waals surface area contributed by atoms with E-state index in [0.29, 0.717) is 22.5 Å². The summed E-state index contributed by atoms with van der Waals surface area (Å²) in [6.45, 7) is 6.14. The highest BCUT2D eigenvalue weighted by atomic mass is 79.9. The number of pyridine rings is 1. The third kappa shape index (κ3) is 3.30. The van der Waals surface area contributed by atoms with Crippen LogP contribution >= 0.6 is 15.9 Å². The van der Waals surface area contributed by atoms with Crippen molar-refractivity contribution in [3.8, 4) is 5.88 Å². The fourth-order valence-corrected chi connectivity index (χ4v) is 2.08. The molecule has 0 spiro atoms. The van der Waals surface area contributed by atoms with Gasteiger partial charge >= 0.3 is 5.97 Å². The third-order valence-corrected chi connectivity index (χ3v) is 3.17. The Morgan fingerprint density at radius 2 is 2.25 bits per heavy atom. The molecule has 0 saturated heterocycles. The molecular weight excluding hydrogens is 326 g/mol. The van der Waals surface area contributed by atoms with Crippen LogP contribution in [-0.2, 0) is 9.47 Å². The molecule has 1 aromatic rings. The van der Waals surface area contributed by atoms with Gasteiger partial charge in [-0.1, -0.05) is 6.58 Å². The van der Waals surface area contributed by atoms with Crippen molar-refractivity contribution in [3.63, 3.8) is 0 Å². The molecule has 0 aromatic carbocycles. The van der Waals surface area contributed by atoms with Crippen LogP contribution in [0.3, 0.4) is 0 Å². The first-order valence-corrected chi connectivity index (χ1v) is 7.13. The molecule has 0 amide bonds. The van der Waals surface area contributed by atoms with E-state index in [1.165, 1.54) is 7.11 Å². The van der Waals surface area contributed by atoms with E-state index < -0.39 is 5.97 Å². The molecule has 0 bridgehead atoms. The van der Waals surface area contributed by atoms with Crippen molar-refractivity contribution in [1.29, 1.82) is 0 Å². The number of hydrogen-bond donors (Lipinski definition) is 0. The van der Waals surface area contributed by atoms with Gasteiger partial charge in [-0.05, 0) is 41.8 Å². The van der Waals surface area contributed by atoms with E-state index in [-0.39, 0.29) is 17.5 Å². The van der Waals surface area contributed by atoms with Crippen molar-refractivity contribution in [2.75, 3.05) is 13.7 Å². The molecule has 1 saturated carbocycles. The number of carbonyl (C=O) groups is 1. The lowest BCUT2D eigenvalue weighted by Gasteiger charge is -2.15. The fourth-order valence-electron chi connectivity index (χ4n) is 1.69. The van der Waals surface area contributed by atoms with Crippen LogP contribution in [0.4, 0.5) is 0 Å². The minimum absolute atomic E-state index is 0.119. The number of carbonyl (C=O) groups excluding carboxylic acids is 1. The molecule has 0 unspecified atom stereocenters. The van der Waals surface area contributed by atoms with Gasteiger partial charge in [-0.15, -0.1) is 0 Å². The van der Waals surface area contributed by atoms with E-state index in [9.17, 15) is 4.79 Å². The summed E-state index contributed by atoms with van der Waals surface area (Å²) in [6, 6.07) is 1.67. The highest BCUT2D eigenvalue weighted by Crippen LogP contribution is 2.33. The van der Waals surface area contributed by atoms with Crippen molar-refractivity contribution in [2.24, 2.45) is 0 Å². The van der Waals surface area contributed by atoms with Crippen LogP contribution < -0.4 is 4.74 Å². The highest BCUT2D eigenvalue weighted by molar-refractivity contribution is 9.10. The van der Waals surface area contributed by atoms with E-state index in [0.717, 1.165) is 12.8 Å². The molecule has 1 aliphatic carbocycles. The Bertz CT molecular complexity index is 540. The Labute approximate surface area is 126 Å². The van der Waals surface area contributed by atoms with Gasteiger partial charge in [-0.2, -0.15) is 0 Å². The maximum Gasteiger partial charge on any atom is 0.344 e. The van der Waals surface area contributed by atoms with Crippen molar-refractivity contribution in [3.05, 3.63) is 28.4 Å². The number of halogens is 1. The first-order valence-electron chi connectivity index (χ1n) is 6.34. The summed E-state index contributed by atoms with van der Waals surface area (Å²) in [4.78, 5) is 16.2. The number of esters is 1. The normalized spacial score (nSPS) is 13.8. The largest absolute Gasteiger partial charge is 0.494 e. The Hall–Kier alpha value is -1.56. The summed E-state index contributed by atoms with van der Waals surface area (Å²) in [5.41, 5.74) is 0.775. The monoisotopic (exact) mass is 341 g/mol. The van der Waals surface area contributed by atoms with Crippen molar-refractivity contribution in [2.45, 2.75) is 25.9 Å². The molecule has 0 radical (unpaired) electrons. The number of methoxy groups -OCH3 is 1. The smallest absolute Gasteiger partial charge is 0.344 e. The molecule has 0 aliphatic heterocycles. The van der Waals surface area contributed by atoms with Crippen LogP contribution in [0.5, 0.6) is 5.88 Å². The molecule has 0 atom stereocenters. The molecule has 1 heterocycles. The van der Waals surface area contributed by atoms with E-state index in [1.54, 1.807) is 6.07 Å². The Morgan fingerprint density at radius 3 is 2.80 bits per heavy atom. The average Bonchev–Trinajstić information content (AvgIpc) is 3.21. The number of hydrogen-bond acceptors (Lipinski definition) is 5. The van der Waals surface area contributed by atoms with Crippen LogP contribution in [0.1, 0.15) is 35.7 Å². The first kappa shape index (κ1) is 14.8. The van der Waals surface area contributed by atoms with E-state index in [2.05, 4.69) is 27.5 Å². The lowest BCUT2D eigenvalue weighted by Crippen LogP contribution is -2.12. The van der Waals surface area contributed by atoms with Gasteiger partial charge in [0.1, 0.15) is 22.0 Å². The molecule has 1 aromatic heterocycles. The second kappa shape index (κ2) is 6.26. The second-order valence-electron chi connectivity index (χ2n) is 4.34. The van der Waals surface area contributed by atoms with Gasteiger partial charge in [0.15, 0.2) is 0 Å². The van der Waals surface area contributed by atoms with Crippen LogP contribution in [-0.4, -0.2) is 30.8 Å². The first-order chi connectivity index (χ1) is 9.56. The summed E-state index contributed by atoms with van der Waals surface area (Å²) in [6.07, 6.45) is 2.06. The number of aromatic nitrogens is 1. The van der Waals surface area contributed by atoms with Crippen molar-refractivity contribution in [1.82, 2.24) is 4.98 Å². The van der Waals surface area contributed by atoms with E-state index >= 15 is 0 Å². The van der Waals surface area contributed by atoms with E-state index in [1.807, 2.05) is 6.92 Å². The molecule has 6 heteroatoms. The predicted octanol–water partition coefficient (Wildman–Crippen LogP) is 3.18.